The van der Waals surface area contributed by atoms with Gasteiger partial charge in [0.15, 0.2) is 11.6 Å². The van der Waals surface area contributed by atoms with Crippen LogP contribution >= 0.6 is 0 Å². The lowest BCUT2D eigenvalue weighted by Crippen LogP contribution is -2.41. The van der Waals surface area contributed by atoms with Gasteiger partial charge in [0.1, 0.15) is 11.9 Å². The fraction of sp³-hybridized carbons (Fsp3) is 0.190. The molecule has 1 aromatic carbocycles. The smallest absolute Gasteiger partial charge is 0.375 e. The van der Waals surface area contributed by atoms with E-state index in [2.05, 4.69) is 25.9 Å². The third kappa shape index (κ3) is 4.99. The van der Waals surface area contributed by atoms with Crippen molar-refractivity contribution in [3.63, 3.8) is 0 Å². The molecule has 168 valence electrons. The highest BCUT2D eigenvalue weighted by molar-refractivity contribution is 5.99. The minimum absolute atomic E-state index is 0.133. The molecule has 0 spiro atoms. The molecule has 2 heterocycles. The summed E-state index contributed by atoms with van der Waals surface area (Å²) >= 11 is 0. The van der Waals surface area contributed by atoms with Gasteiger partial charge in [0.05, 0.1) is 23.5 Å². The van der Waals surface area contributed by atoms with Gasteiger partial charge in [-0.2, -0.15) is 13.2 Å². The SMILES string of the molecule is CN/C(=C\C(NC)C(F)(F)F)NC(=O)c1ccc2cc(-c3c(F)cncc3F)cnc2c1. The quantitative estimate of drug-likeness (QED) is 0.500. The van der Waals surface area contributed by atoms with Gasteiger partial charge in [-0.25, -0.2) is 8.78 Å². The molecule has 3 aromatic rings. The van der Waals surface area contributed by atoms with Gasteiger partial charge in [-0.05, 0) is 31.3 Å². The Morgan fingerprint density at radius 2 is 1.75 bits per heavy atom. The number of amides is 1. The molecule has 3 rings (SSSR count). The lowest BCUT2D eigenvalue weighted by Gasteiger charge is -2.18. The minimum atomic E-state index is -4.54. The molecule has 1 amide bonds. The normalized spacial score (nSPS) is 13.2. The summed E-state index contributed by atoms with van der Waals surface area (Å²) in [5.74, 6) is -2.49. The number of nitrogens with zero attached hydrogens (tertiary/aromatic N) is 2. The number of pyridine rings is 2. The van der Waals surface area contributed by atoms with E-state index >= 15 is 0 Å². The van der Waals surface area contributed by atoms with Gasteiger partial charge in [-0.15, -0.1) is 0 Å². The maximum atomic E-state index is 14.0. The van der Waals surface area contributed by atoms with Crippen molar-refractivity contribution in [3.05, 3.63) is 72.0 Å². The minimum Gasteiger partial charge on any atom is -0.375 e. The van der Waals surface area contributed by atoms with E-state index in [4.69, 9.17) is 0 Å². The first-order chi connectivity index (χ1) is 15.1. The van der Waals surface area contributed by atoms with Crippen LogP contribution in [0.1, 0.15) is 10.4 Å². The Kier molecular flexibility index (Phi) is 6.68. The third-order valence-electron chi connectivity index (χ3n) is 4.60. The van der Waals surface area contributed by atoms with E-state index in [-0.39, 0.29) is 22.5 Å². The van der Waals surface area contributed by atoms with E-state index < -0.39 is 29.8 Å². The van der Waals surface area contributed by atoms with Crippen LogP contribution in [-0.2, 0) is 0 Å². The molecule has 11 heteroatoms. The summed E-state index contributed by atoms with van der Waals surface area (Å²) in [6.45, 7) is 0. The van der Waals surface area contributed by atoms with Gasteiger partial charge in [0.25, 0.3) is 5.91 Å². The molecular formula is C21H18F5N5O. The van der Waals surface area contributed by atoms with Crippen molar-refractivity contribution in [2.75, 3.05) is 14.1 Å². The number of likely N-dealkylation sites (N-methyl/N-ethyl adjacent to an activating group) is 1. The van der Waals surface area contributed by atoms with Crippen LogP contribution in [-0.4, -0.2) is 42.2 Å². The van der Waals surface area contributed by atoms with Gasteiger partial charge in [0, 0.05) is 29.8 Å². The Morgan fingerprint density at radius 1 is 1.06 bits per heavy atom. The fourth-order valence-electron chi connectivity index (χ4n) is 2.98. The molecule has 0 saturated carbocycles. The predicted octanol–water partition coefficient (Wildman–Crippen LogP) is 3.52. The Morgan fingerprint density at radius 3 is 2.34 bits per heavy atom. The molecule has 0 radical (unpaired) electrons. The molecule has 3 N–H and O–H groups in total. The van der Waals surface area contributed by atoms with Crippen LogP contribution < -0.4 is 16.0 Å². The number of halogens is 5. The zero-order valence-corrected chi connectivity index (χ0v) is 16.9. The number of hydrogen-bond acceptors (Lipinski definition) is 5. The van der Waals surface area contributed by atoms with E-state index in [1.165, 1.54) is 37.5 Å². The van der Waals surface area contributed by atoms with Gasteiger partial charge >= 0.3 is 6.18 Å². The number of alkyl halides is 3. The van der Waals surface area contributed by atoms with E-state index in [0.29, 0.717) is 10.9 Å². The van der Waals surface area contributed by atoms with Crippen LogP contribution in [0.4, 0.5) is 22.0 Å². The second kappa shape index (κ2) is 9.27. The third-order valence-corrected chi connectivity index (χ3v) is 4.60. The second-order valence-electron chi connectivity index (χ2n) is 6.70. The highest BCUT2D eigenvalue weighted by Crippen LogP contribution is 2.27. The summed E-state index contributed by atoms with van der Waals surface area (Å²) < 4.78 is 66.8. The van der Waals surface area contributed by atoms with Crippen LogP contribution in [0, 0.1) is 11.6 Å². The lowest BCUT2D eigenvalue weighted by molar-refractivity contribution is -0.143. The number of hydrogen-bond donors (Lipinski definition) is 3. The number of fused-ring (bicyclic) bond motifs is 1. The number of nitrogens with one attached hydrogen (secondary N) is 3. The zero-order valence-electron chi connectivity index (χ0n) is 16.9. The van der Waals surface area contributed by atoms with Crippen molar-refractivity contribution in [2.45, 2.75) is 12.2 Å². The number of rotatable bonds is 6. The maximum Gasteiger partial charge on any atom is 0.407 e. The Bertz CT molecular complexity index is 1160. The predicted molar refractivity (Wildman–Crippen MR) is 108 cm³/mol. The monoisotopic (exact) mass is 451 g/mol. The first-order valence-corrected chi connectivity index (χ1v) is 9.28. The molecule has 6 nitrogen and oxygen atoms in total. The molecular weight excluding hydrogens is 433 g/mol. The highest BCUT2D eigenvalue weighted by atomic mass is 19.4. The second-order valence-corrected chi connectivity index (χ2v) is 6.70. The van der Waals surface area contributed by atoms with Crippen LogP contribution in [0.5, 0.6) is 0 Å². The van der Waals surface area contributed by atoms with Crippen molar-refractivity contribution in [2.24, 2.45) is 0 Å². The maximum absolute atomic E-state index is 14.0. The summed E-state index contributed by atoms with van der Waals surface area (Å²) in [5.41, 5.74) is 0.407. The molecule has 1 atom stereocenters. The van der Waals surface area contributed by atoms with Crippen LogP contribution in [0.25, 0.3) is 22.0 Å². The van der Waals surface area contributed by atoms with Crippen LogP contribution in [0.2, 0.25) is 0 Å². The summed E-state index contributed by atoms with van der Waals surface area (Å²) in [4.78, 5) is 20.1. The molecule has 2 aromatic heterocycles. The van der Waals surface area contributed by atoms with E-state index in [1.807, 2.05) is 0 Å². The zero-order chi connectivity index (χ0) is 23.5. The molecule has 0 aliphatic rings. The van der Waals surface area contributed by atoms with Crippen molar-refractivity contribution in [1.29, 1.82) is 0 Å². The van der Waals surface area contributed by atoms with Gasteiger partial charge in [-0.1, -0.05) is 6.07 Å². The molecule has 0 aliphatic carbocycles. The standard InChI is InChI=1S/C21H18F5N5O/c1-27-17(21(24,25)26)7-18(28-2)31-20(32)12-4-3-11-5-13(8-30-16(11)6-12)19-14(22)9-29-10-15(19)23/h3-10,17,27-28H,1-2H3,(H,31,32)/b18-7+. The van der Waals surface area contributed by atoms with E-state index in [0.717, 1.165) is 25.5 Å². The molecule has 0 fully saturated rings. The van der Waals surface area contributed by atoms with Crippen molar-refractivity contribution in [3.8, 4) is 11.1 Å². The first-order valence-electron chi connectivity index (χ1n) is 9.28. The molecule has 0 bridgehead atoms. The molecule has 0 saturated heterocycles. The number of carbonyl (C=O) groups is 1. The van der Waals surface area contributed by atoms with Gasteiger partial charge < -0.3 is 16.0 Å². The van der Waals surface area contributed by atoms with E-state index in [9.17, 15) is 26.7 Å². The molecule has 0 aliphatic heterocycles. The Hall–Kier alpha value is -3.60. The topological polar surface area (TPSA) is 78.9 Å². The van der Waals surface area contributed by atoms with Crippen molar-refractivity contribution in [1.82, 2.24) is 25.9 Å². The van der Waals surface area contributed by atoms with Crippen molar-refractivity contribution >= 4 is 16.8 Å². The number of carbonyl (C=O) groups excluding carboxylic acids is 1. The van der Waals surface area contributed by atoms with E-state index in [1.54, 1.807) is 0 Å². The number of aromatic nitrogens is 2. The Labute approximate surface area is 179 Å². The van der Waals surface area contributed by atoms with Crippen LogP contribution in [0.15, 0.2) is 54.8 Å². The van der Waals surface area contributed by atoms with Crippen molar-refractivity contribution < 1.29 is 26.7 Å². The largest absolute Gasteiger partial charge is 0.407 e. The van der Waals surface area contributed by atoms with Gasteiger partial charge in [-0.3, -0.25) is 14.8 Å². The fourth-order valence-corrected chi connectivity index (χ4v) is 2.98. The summed E-state index contributed by atoms with van der Waals surface area (Å²) in [6.07, 6.45) is -0.701. The average Bonchev–Trinajstić information content (AvgIpc) is 2.75. The van der Waals surface area contributed by atoms with Gasteiger partial charge in [0.2, 0.25) is 0 Å². The summed E-state index contributed by atoms with van der Waals surface area (Å²) in [5, 5.41) is 7.50. The lowest BCUT2D eigenvalue weighted by atomic mass is 10.0. The molecule has 32 heavy (non-hydrogen) atoms. The highest BCUT2D eigenvalue weighted by Gasteiger charge is 2.37. The summed E-state index contributed by atoms with van der Waals surface area (Å²) in [6, 6.07) is 3.91. The number of benzene rings is 1. The van der Waals surface area contributed by atoms with Crippen LogP contribution in [0.3, 0.4) is 0 Å². The molecule has 1 unspecified atom stereocenters. The summed E-state index contributed by atoms with van der Waals surface area (Å²) in [7, 11) is 2.52. The average molecular weight is 451 g/mol. The first kappa shape index (κ1) is 23.1. The Balaban J connectivity index is 1.87.